The molecule has 0 aliphatic carbocycles. The van der Waals surface area contributed by atoms with Crippen LogP contribution in [0.15, 0.2) is 109 Å². The molecule has 5 heteroatoms. The van der Waals surface area contributed by atoms with Gasteiger partial charge in [-0.2, -0.15) is 0 Å². The van der Waals surface area contributed by atoms with E-state index in [1.165, 1.54) is 5.56 Å². The maximum atomic E-state index is 14.5. The molecule has 1 N–H and O–H groups in total. The molecule has 1 fully saturated rings. The predicted octanol–water partition coefficient (Wildman–Crippen LogP) is 7.07. The Morgan fingerprint density at radius 1 is 0.786 bits per heavy atom. The van der Waals surface area contributed by atoms with Crippen LogP contribution in [0.2, 0.25) is 0 Å². The van der Waals surface area contributed by atoms with Crippen LogP contribution in [0.1, 0.15) is 58.4 Å². The molecule has 1 heterocycles. The van der Waals surface area contributed by atoms with Gasteiger partial charge in [0.05, 0.1) is 25.4 Å². The van der Waals surface area contributed by atoms with E-state index >= 15 is 0 Å². The van der Waals surface area contributed by atoms with Gasteiger partial charge < -0.3 is 19.3 Å². The third-order valence-electron chi connectivity index (χ3n) is 8.18. The molecular weight excluding hydrogens is 524 g/mol. The fourth-order valence-corrected chi connectivity index (χ4v) is 5.74. The molecule has 0 spiro atoms. The number of carbonyl (C=O) groups is 1. The molecule has 0 saturated carbocycles. The van der Waals surface area contributed by atoms with Gasteiger partial charge in [-0.1, -0.05) is 129 Å². The molecule has 4 aromatic carbocycles. The number of aliphatic hydroxyl groups is 1. The second-order valence-corrected chi connectivity index (χ2v) is 11.2. The maximum absolute atomic E-state index is 14.5. The zero-order valence-electron chi connectivity index (χ0n) is 24.6. The molecule has 5 nitrogen and oxygen atoms in total. The van der Waals surface area contributed by atoms with Gasteiger partial charge in [-0.05, 0) is 42.0 Å². The molecule has 0 radical (unpaired) electrons. The Kier molecular flexibility index (Phi) is 9.65. The average Bonchev–Trinajstić information content (AvgIpc) is 3.02. The van der Waals surface area contributed by atoms with Crippen LogP contribution in [0.3, 0.4) is 0 Å². The molecule has 5 rings (SSSR count). The van der Waals surface area contributed by atoms with Gasteiger partial charge >= 0.3 is 0 Å². The molecule has 1 aliphatic rings. The third-order valence-corrected chi connectivity index (χ3v) is 8.18. The van der Waals surface area contributed by atoms with E-state index in [-0.39, 0.29) is 12.5 Å². The van der Waals surface area contributed by atoms with E-state index in [1.807, 2.05) is 99.6 Å². The summed E-state index contributed by atoms with van der Waals surface area (Å²) in [6.07, 6.45) is -0.890. The zero-order chi connectivity index (χ0) is 29.5. The van der Waals surface area contributed by atoms with Crippen molar-refractivity contribution in [2.45, 2.75) is 70.9 Å². The fraction of sp³-hybridized carbons (Fsp3) is 0.324. The first-order chi connectivity index (χ1) is 20.4. The van der Waals surface area contributed by atoms with Crippen LogP contribution in [0, 0.1) is 12.8 Å². The van der Waals surface area contributed by atoms with Crippen molar-refractivity contribution in [3.8, 4) is 0 Å². The summed E-state index contributed by atoms with van der Waals surface area (Å²) in [4.78, 5) is 14.5. The molecule has 218 valence electrons. The van der Waals surface area contributed by atoms with Crippen LogP contribution >= 0.6 is 0 Å². The van der Waals surface area contributed by atoms with Gasteiger partial charge in [-0.15, -0.1) is 0 Å². The lowest BCUT2D eigenvalue weighted by Crippen LogP contribution is -2.66. The standard InChI is InChI=1S/C37H40O5/c1-4-33-27(3)34(40-24-29-13-7-5-8-14-29)36(41-25-30-15-9-6-10-16-30)37(39,42-33)35(38)32-18-12-11-17-31(32)23-28-21-19-26(2)20-22-28/h5-22,27,33-34,36,39H,4,23-25H2,1-3H3/t27-,33-,34+,36-,37+/m1/s1. The van der Waals surface area contributed by atoms with Crippen LogP contribution in [0.4, 0.5) is 0 Å². The van der Waals surface area contributed by atoms with Gasteiger partial charge in [0.1, 0.15) is 6.10 Å². The normalized spacial score (nSPS) is 23.9. The van der Waals surface area contributed by atoms with E-state index in [4.69, 9.17) is 14.2 Å². The molecule has 0 aromatic heterocycles. The van der Waals surface area contributed by atoms with Crippen molar-refractivity contribution in [1.82, 2.24) is 0 Å². The van der Waals surface area contributed by atoms with Crippen molar-refractivity contribution in [2.24, 2.45) is 5.92 Å². The lowest BCUT2D eigenvalue weighted by molar-refractivity contribution is -0.326. The summed E-state index contributed by atoms with van der Waals surface area (Å²) in [6, 6.07) is 35.3. The van der Waals surface area contributed by atoms with Gasteiger partial charge in [-0.25, -0.2) is 0 Å². The SMILES string of the molecule is CC[C@H]1O[C@@](O)(C(=O)c2ccccc2Cc2ccc(C)cc2)[C@H](OCc2ccccc2)[C@@H](OCc2ccccc2)[C@@H]1C. The second-order valence-electron chi connectivity index (χ2n) is 11.2. The summed E-state index contributed by atoms with van der Waals surface area (Å²) in [5.74, 6) is -2.88. The van der Waals surface area contributed by atoms with Crippen LogP contribution in [0.5, 0.6) is 0 Å². The summed E-state index contributed by atoms with van der Waals surface area (Å²) >= 11 is 0. The van der Waals surface area contributed by atoms with E-state index in [0.29, 0.717) is 25.0 Å². The number of ether oxygens (including phenoxy) is 3. The van der Waals surface area contributed by atoms with E-state index in [1.54, 1.807) is 6.07 Å². The Morgan fingerprint density at radius 3 is 1.98 bits per heavy atom. The van der Waals surface area contributed by atoms with Crippen LogP contribution in [-0.2, 0) is 33.8 Å². The van der Waals surface area contributed by atoms with E-state index in [0.717, 1.165) is 22.3 Å². The lowest BCUT2D eigenvalue weighted by atomic mass is 9.81. The molecule has 1 aliphatic heterocycles. The first-order valence-electron chi connectivity index (χ1n) is 14.8. The minimum absolute atomic E-state index is 0.129. The smallest absolute Gasteiger partial charge is 0.261 e. The highest BCUT2D eigenvalue weighted by atomic mass is 16.7. The first-order valence-corrected chi connectivity index (χ1v) is 14.8. The number of ketones is 1. The van der Waals surface area contributed by atoms with Crippen molar-refractivity contribution in [1.29, 1.82) is 0 Å². The Morgan fingerprint density at radius 2 is 1.36 bits per heavy atom. The highest BCUT2D eigenvalue weighted by molar-refractivity contribution is 6.03. The van der Waals surface area contributed by atoms with E-state index in [2.05, 4.69) is 24.3 Å². The van der Waals surface area contributed by atoms with Gasteiger partial charge in [0, 0.05) is 11.5 Å². The van der Waals surface area contributed by atoms with Crippen molar-refractivity contribution < 1.29 is 24.1 Å². The Balaban J connectivity index is 1.51. The van der Waals surface area contributed by atoms with Crippen LogP contribution in [-0.4, -0.2) is 35.0 Å². The van der Waals surface area contributed by atoms with Crippen LogP contribution in [0.25, 0.3) is 0 Å². The van der Waals surface area contributed by atoms with Gasteiger partial charge in [0.25, 0.3) is 5.79 Å². The molecule has 5 atom stereocenters. The van der Waals surface area contributed by atoms with Gasteiger partial charge in [-0.3, -0.25) is 4.79 Å². The highest BCUT2D eigenvalue weighted by Gasteiger charge is 2.58. The molecule has 42 heavy (non-hydrogen) atoms. The fourth-order valence-electron chi connectivity index (χ4n) is 5.74. The first kappa shape index (κ1) is 29.9. The Labute approximate surface area is 249 Å². The van der Waals surface area contributed by atoms with Crippen molar-refractivity contribution in [2.75, 3.05) is 0 Å². The van der Waals surface area contributed by atoms with Crippen molar-refractivity contribution >= 4 is 5.78 Å². The molecule has 0 unspecified atom stereocenters. The summed E-state index contributed by atoms with van der Waals surface area (Å²) in [6.45, 7) is 6.61. The molecule has 4 aromatic rings. The zero-order valence-corrected chi connectivity index (χ0v) is 24.6. The number of rotatable bonds is 11. The molecule has 0 amide bonds. The minimum Gasteiger partial charge on any atom is -0.370 e. The topological polar surface area (TPSA) is 65.0 Å². The molecule has 0 bridgehead atoms. The Hall–Kier alpha value is -3.61. The predicted molar refractivity (Wildman–Crippen MR) is 164 cm³/mol. The van der Waals surface area contributed by atoms with Gasteiger partial charge in [0.2, 0.25) is 5.78 Å². The van der Waals surface area contributed by atoms with Crippen molar-refractivity contribution in [3.05, 3.63) is 143 Å². The highest BCUT2D eigenvalue weighted by Crippen LogP contribution is 2.40. The van der Waals surface area contributed by atoms with E-state index < -0.39 is 29.9 Å². The number of carbonyl (C=O) groups excluding carboxylic acids is 1. The summed E-state index contributed by atoms with van der Waals surface area (Å²) in [5.41, 5.74) is 5.42. The maximum Gasteiger partial charge on any atom is 0.261 e. The molecule has 1 saturated heterocycles. The monoisotopic (exact) mass is 564 g/mol. The van der Waals surface area contributed by atoms with Crippen LogP contribution < -0.4 is 0 Å². The second kappa shape index (κ2) is 13.6. The summed E-state index contributed by atoms with van der Waals surface area (Å²) in [7, 11) is 0. The number of hydrogen-bond acceptors (Lipinski definition) is 5. The number of hydrogen-bond donors (Lipinski definition) is 1. The van der Waals surface area contributed by atoms with Crippen molar-refractivity contribution in [3.63, 3.8) is 0 Å². The number of aryl methyl sites for hydroxylation is 1. The third kappa shape index (κ3) is 6.71. The number of benzene rings is 4. The average molecular weight is 565 g/mol. The summed E-state index contributed by atoms with van der Waals surface area (Å²) < 4.78 is 19.3. The Bertz CT molecular complexity index is 1440. The number of Topliss-reactive ketones (excluding diaryl/α,β-unsaturated/α-hetero) is 1. The lowest BCUT2D eigenvalue weighted by Gasteiger charge is -2.49. The minimum atomic E-state index is -2.24. The quantitative estimate of drug-likeness (QED) is 0.197. The van der Waals surface area contributed by atoms with E-state index in [9.17, 15) is 9.90 Å². The summed E-state index contributed by atoms with van der Waals surface area (Å²) in [5, 5.41) is 12.4. The van der Waals surface area contributed by atoms with Gasteiger partial charge in [0.15, 0.2) is 0 Å². The largest absolute Gasteiger partial charge is 0.370 e. The molecular formula is C37H40O5.